The first kappa shape index (κ1) is 18.5. The Morgan fingerprint density at radius 1 is 1.00 bits per heavy atom. The average Bonchev–Trinajstić information content (AvgIpc) is 2.68. The van der Waals surface area contributed by atoms with Crippen LogP contribution in [0.5, 0.6) is 0 Å². The first-order chi connectivity index (χ1) is 13.0. The molecule has 27 heavy (non-hydrogen) atoms. The number of carbonyl (C=O) groups is 1. The third-order valence-electron chi connectivity index (χ3n) is 4.35. The second-order valence-corrected chi connectivity index (χ2v) is 6.61. The van der Waals surface area contributed by atoms with Gasteiger partial charge in [0.25, 0.3) is 5.91 Å². The Balaban J connectivity index is 1.60. The number of amides is 1. The number of nitrogens with zero attached hydrogens (tertiary/aromatic N) is 2. The van der Waals surface area contributed by atoms with E-state index < -0.39 is 6.04 Å². The molecule has 0 saturated heterocycles. The maximum Gasteiger partial charge on any atom is 0.262 e. The summed E-state index contributed by atoms with van der Waals surface area (Å²) in [6.45, 7) is 1.82. The molecule has 0 fully saturated rings. The molecule has 0 aromatic heterocycles. The molecule has 3 rings (SSSR count). The van der Waals surface area contributed by atoms with Crippen molar-refractivity contribution in [3.05, 3.63) is 72.3 Å². The van der Waals surface area contributed by atoms with E-state index >= 15 is 0 Å². The fourth-order valence-electron chi connectivity index (χ4n) is 2.78. The number of anilines is 2. The monoisotopic (exact) mass is 360 g/mol. The Bertz CT molecular complexity index is 943. The van der Waals surface area contributed by atoms with E-state index in [2.05, 4.69) is 28.0 Å². The molecule has 138 valence electrons. The number of nitrogens with one attached hydrogen (secondary N) is 2. The first-order valence-corrected chi connectivity index (χ1v) is 8.89. The van der Waals surface area contributed by atoms with E-state index in [0.717, 1.165) is 27.7 Å². The van der Waals surface area contributed by atoms with E-state index in [4.69, 9.17) is 0 Å². The third kappa shape index (κ3) is 4.64. The van der Waals surface area contributed by atoms with Gasteiger partial charge < -0.3 is 10.2 Å². The van der Waals surface area contributed by atoms with Crippen molar-refractivity contribution in [3.8, 4) is 0 Å². The SMILES string of the molecule is CC(Nc1cccc2ccccc12)C(=O)NN=Cc1ccc(N(C)C)cc1. The van der Waals surface area contributed by atoms with Gasteiger partial charge in [0.2, 0.25) is 0 Å². The van der Waals surface area contributed by atoms with Gasteiger partial charge in [0, 0.05) is 30.9 Å². The fraction of sp³-hybridized carbons (Fsp3) is 0.182. The Hall–Kier alpha value is -3.34. The number of rotatable bonds is 6. The number of fused-ring (bicyclic) bond motifs is 1. The second kappa shape index (κ2) is 8.36. The summed E-state index contributed by atoms with van der Waals surface area (Å²) in [5.74, 6) is -0.191. The lowest BCUT2D eigenvalue weighted by atomic mass is 10.1. The number of hydrogen-bond donors (Lipinski definition) is 2. The van der Waals surface area contributed by atoms with Crippen LogP contribution in [0.1, 0.15) is 12.5 Å². The molecular weight excluding hydrogens is 336 g/mol. The quantitative estimate of drug-likeness (QED) is 0.518. The highest BCUT2D eigenvalue weighted by atomic mass is 16.2. The van der Waals surface area contributed by atoms with Gasteiger partial charge in [0.05, 0.1) is 6.21 Å². The summed E-state index contributed by atoms with van der Waals surface area (Å²) in [5, 5.41) is 9.55. The van der Waals surface area contributed by atoms with E-state index in [1.165, 1.54) is 0 Å². The zero-order chi connectivity index (χ0) is 19.2. The molecule has 0 saturated carbocycles. The van der Waals surface area contributed by atoms with Crippen molar-refractivity contribution in [3.63, 3.8) is 0 Å². The summed E-state index contributed by atoms with van der Waals surface area (Å²) in [6.07, 6.45) is 1.64. The topological polar surface area (TPSA) is 56.7 Å². The van der Waals surface area contributed by atoms with Gasteiger partial charge in [0.1, 0.15) is 6.04 Å². The van der Waals surface area contributed by atoms with Crippen molar-refractivity contribution < 1.29 is 4.79 Å². The van der Waals surface area contributed by atoms with E-state index in [-0.39, 0.29) is 5.91 Å². The summed E-state index contributed by atoms with van der Waals surface area (Å²) in [7, 11) is 3.99. The van der Waals surface area contributed by atoms with E-state index in [1.807, 2.05) is 80.5 Å². The van der Waals surface area contributed by atoms with Gasteiger partial charge in [-0.2, -0.15) is 5.10 Å². The highest BCUT2D eigenvalue weighted by Crippen LogP contribution is 2.23. The van der Waals surface area contributed by atoms with Crippen molar-refractivity contribution in [2.75, 3.05) is 24.3 Å². The number of benzene rings is 3. The average molecular weight is 360 g/mol. The molecule has 0 heterocycles. The summed E-state index contributed by atoms with van der Waals surface area (Å²) in [5.41, 5.74) is 5.57. The highest BCUT2D eigenvalue weighted by molar-refractivity contribution is 5.96. The number of hydrazone groups is 1. The second-order valence-electron chi connectivity index (χ2n) is 6.61. The van der Waals surface area contributed by atoms with Crippen LogP contribution in [0, 0.1) is 0 Å². The Morgan fingerprint density at radius 2 is 1.70 bits per heavy atom. The van der Waals surface area contributed by atoms with E-state index in [1.54, 1.807) is 6.21 Å². The molecule has 0 aliphatic carbocycles. The van der Waals surface area contributed by atoms with Gasteiger partial charge in [0.15, 0.2) is 0 Å². The van der Waals surface area contributed by atoms with Crippen LogP contribution in [0.3, 0.4) is 0 Å². The first-order valence-electron chi connectivity index (χ1n) is 8.89. The van der Waals surface area contributed by atoms with Crippen molar-refractivity contribution in [2.24, 2.45) is 5.10 Å². The summed E-state index contributed by atoms with van der Waals surface area (Å²) in [6, 6.07) is 21.6. The van der Waals surface area contributed by atoms with Crippen molar-refractivity contribution in [1.29, 1.82) is 0 Å². The lowest BCUT2D eigenvalue weighted by Crippen LogP contribution is -2.34. The summed E-state index contributed by atoms with van der Waals surface area (Å²) < 4.78 is 0. The van der Waals surface area contributed by atoms with Crippen LogP contribution in [0.25, 0.3) is 10.8 Å². The van der Waals surface area contributed by atoms with Crippen molar-refractivity contribution in [1.82, 2.24) is 5.43 Å². The molecule has 1 unspecified atom stereocenters. The smallest absolute Gasteiger partial charge is 0.262 e. The van der Waals surface area contributed by atoms with E-state index in [9.17, 15) is 4.79 Å². The van der Waals surface area contributed by atoms with Crippen LogP contribution < -0.4 is 15.6 Å². The minimum absolute atomic E-state index is 0.191. The lowest BCUT2D eigenvalue weighted by molar-refractivity contribution is -0.121. The molecule has 5 heteroatoms. The molecular formula is C22H24N4O. The molecule has 0 spiro atoms. The minimum Gasteiger partial charge on any atom is -0.378 e. The normalized spacial score (nSPS) is 12.1. The molecule has 1 atom stereocenters. The molecule has 2 N–H and O–H groups in total. The number of carbonyl (C=O) groups excluding carboxylic acids is 1. The van der Waals surface area contributed by atoms with Gasteiger partial charge in [-0.05, 0) is 36.1 Å². The maximum atomic E-state index is 12.3. The zero-order valence-corrected chi connectivity index (χ0v) is 15.8. The molecule has 0 radical (unpaired) electrons. The highest BCUT2D eigenvalue weighted by Gasteiger charge is 2.12. The van der Waals surface area contributed by atoms with Crippen LogP contribution in [0.4, 0.5) is 11.4 Å². The predicted octanol–water partition coefficient (Wildman–Crippen LogP) is 3.86. The Labute approximate surface area is 159 Å². The van der Waals surface area contributed by atoms with Gasteiger partial charge in [-0.25, -0.2) is 5.43 Å². The third-order valence-corrected chi connectivity index (χ3v) is 4.35. The number of hydrogen-bond acceptors (Lipinski definition) is 4. The molecule has 0 bridgehead atoms. The van der Waals surface area contributed by atoms with Gasteiger partial charge in [-0.1, -0.05) is 48.5 Å². The zero-order valence-electron chi connectivity index (χ0n) is 15.8. The maximum absolute atomic E-state index is 12.3. The molecule has 5 nitrogen and oxygen atoms in total. The molecule has 0 aliphatic heterocycles. The standard InChI is InChI=1S/C22H24N4O/c1-16(24-21-10-6-8-18-7-4-5-9-20(18)21)22(27)25-23-15-17-11-13-19(14-12-17)26(2)3/h4-16,24H,1-3H3,(H,25,27). The van der Waals surface area contributed by atoms with Crippen LogP contribution in [0.2, 0.25) is 0 Å². The molecule has 3 aromatic rings. The van der Waals surface area contributed by atoms with Crippen molar-refractivity contribution >= 4 is 34.3 Å². The summed E-state index contributed by atoms with van der Waals surface area (Å²) >= 11 is 0. The van der Waals surface area contributed by atoms with Crippen LogP contribution in [0.15, 0.2) is 71.8 Å². The molecule has 0 aliphatic rings. The van der Waals surface area contributed by atoms with Crippen LogP contribution in [-0.4, -0.2) is 32.3 Å². The van der Waals surface area contributed by atoms with Crippen LogP contribution >= 0.6 is 0 Å². The van der Waals surface area contributed by atoms with Crippen molar-refractivity contribution in [2.45, 2.75) is 13.0 Å². The predicted molar refractivity (Wildman–Crippen MR) is 114 cm³/mol. The summed E-state index contributed by atoms with van der Waals surface area (Å²) in [4.78, 5) is 14.4. The Morgan fingerprint density at radius 3 is 2.44 bits per heavy atom. The van der Waals surface area contributed by atoms with E-state index in [0.29, 0.717) is 0 Å². The van der Waals surface area contributed by atoms with Gasteiger partial charge in [-0.15, -0.1) is 0 Å². The molecule has 3 aromatic carbocycles. The fourth-order valence-corrected chi connectivity index (χ4v) is 2.78. The minimum atomic E-state index is -0.413. The Kier molecular flexibility index (Phi) is 5.71. The van der Waals surface area contributed by atoms with Gasteiger partial charge in [-0.3, -0.25) is 4.79 Å². The van der Waals surface area contributed by atoms with Gasteiger partial charge >= 0.3 is 0 Å². The molecule has 1 amide bonds. The largest absolute Gasteiger partial charge is 0.378 e. The van der Waals surface area contributed by atoms with Crippen LogP contribution in [-0.2, 0) is 4.79 Å². The lowest BCUT2D eigenvalue weighted by Gasteiger charge is -2.15.